The molecular formula is C16H19NO3. The maximum atomic E-state index is 11.5. The lowest BCUT2D eigenvalue weighted by Gasteiger charge is -2.06. The Morgan fingerprint density at radius 2 is 2.00 bits per heavy atom. The molecule has 0 saturated heterocycles. The normalized spacial score (nSPS) is 12.1. The molecule has 2 aromatic rings. The van der Waals surface area contributed by atoms with Gasteiger partial charge in [-0.2, -0.15) is 0 Å². The van der Waals surface area contributed by atoms with Crippen LogP contribution in [0.15, 0.2) is 46.9 Å². The lowest BCUT2D eigenvalue weighted by Crippen LogP contribution is -2.30. The van der Waals surface area contributed by atoms with E-state index in [0.29, 0.717) is 12.8 Å². The molecule has 0 aliphatic rings. The van der Waals surface area contributed by atoms with E-state index in [4.69, 9.17) is 9.52 Å². The van der Waals surface area contributed by atoms with Crippen molar-refractivity contribution in [3.8, 4) is 11.3 Å². The highest BCUT2D eigenvalue weighted by Gasteiger charge is 2.07. The van der Waals surface area contributed by atoms with Gasteiger partial charge in [0.15, 0.2) is 0 Å². The minimum atomic E-state index is -0.521. The lowest BCUT2D eigenvalue weighted by atomic mass is 10.2. The van der Waals surface area contributed by atoms with Gasteiger partial charge in [-0.05, 0) is 19.1 Å². The Balaban J connectivity index is 1.86. The average molecular weight is 273 g/mol. The SMILES string of the molecule is C[C@H](O)CNC(=O)CCc1ccc(-c2ccccc2)o1. The van der Waals surface area contributed by atoms with Crippen LogP contribution in [0.4, 0.5) is 0 Å². The minimum Gasteiger partial charge on any atom is -0.461 e. The number of benzene rings is 1. The summed E-state index contributed by atoms with van der Waals surface area (Å²) in [5.41, 5.74) is 1.03. The van der Waals surface area contributed by atoms with Crippen LogP contribution in [0.5, 0.6) is 0 Å². The smallest absolute Gasteiger partial charge is 0.220 e. The molecule has 0 aliphatic carbocycles. The second-order valence-corrected chi connectivity index (χ2v) is 4.79. The van der Waals surface area contributed by atoms with E-state index < -0.39 is 6.10 Å². The number of carbonyl (C=O) groups excluding carboxylic acids is 1. The summed E-state index contributed by atoms with van der Waals surface area (Å²) in [6.07, 6.45) is 0.389. The number of aryl methyl sites for hydroxylation is 1. The summed E-state index contributed by atoms with van der Waals surface area (Å²) in [5, 5.41) is 11.7. The first-order valence-corrected chi connectivity index (χ1v) is 6.74. The van der Waals surface area contributed by atoms with E-state index in [1.54, 1.807) is 6.92 Å². The predicted molar refractivity (Wildman–Crippen MR) is 77.2 cm³/mol. The van der Waals surface area contributed by atoms with Gasteiger partial charge in [-0.1, -0.05) is 30.3 Å². The van der Waals surface area contributed by atoms with Crippen LogP contribution in [0.1, 0.15) is 19.1 Å². The summed E-state index contributed by atoms with van der Waals surface area (Å²) in [6, 6.07) is 13.7. The van der Waals surface area contributed by atoms with Crippen LogP contribution in [0.2, 0.25) is 0 Å². The van der Waals surface area contributed by atoms with E-state index in [0.717, 1.165) is 17.1 Å². The zero-order valence-corrected chi connectivity index (χ0v) is 11.5. The Morgan fingerprint density at radius 1 is 1.25 bits per heavy atom. The molecule has 1 amide bonds. The van der Waals surface area contributed by atoms with Crippen molar-refractivity contribution in [1.29, 1.82) is 0 Å². The van der Waals surface area contributed by atoms with Gasteiger partial charge in [-0.3, -0.25) is 4.79 Å². The van der Waals surface area contributed by atoms with Crippen LogP contribution in [-0.2, 0) is 11.2 Å². The van der Waals surface area contributed by atoms with Crippen LogP contribution in [0.25, 0.3) is 11.3 Å². The van der Waals surface area contributed by atoms with Gasteiger partial charge in [0, 0.05) is 24.9 Å². The quantitative estimate of drug-likeness (QED) is 0.849. The number of aliphatic hydroxyl groups excluding tert-OH is 1. The van der Waals surface area contributed by atoms with Gasteiger partial charge in [0.1, 0.15) is 11.5 Å². The first kappa shape index (κ1) is 14.3. The van der Waals surface area contributed by atoms with Crippen molar-refractivity contribution >= 4 is 5.91 Å². The first-order chi connectivity index (χ1) is 9.65. The fraction of sp³-hybridized carbons (Fsp3) is 0.312. The monoisotopic (exact) mass is 273 g/mol. The van der Waals surface area contributed by atoms with Crippen molar-refractivity contribution in [2.75, 3.05) is 6.54 Å². The summed E-state index contributed by atoms with van der Waals surface area (Å²) < 4.78 is 5.72. The Hall–Kier alpha value is -2.07. The van der Waals surface area contributed by atoms with Gasteiger partial charge in [-0.25, -0.2) is 0 Å². The molecule has 106 valence electrons. The minimum absolute atomic E-state index is 0.0800. The topological polar surface area (TPSA) is 62.5 Å². The van der Waals surface area contributed by atoms with Gasteiger partial charge in [0.2, 0.25) is 5.91 Å². The van der Waals surface area contributed by atoms with Crippen molar-refractivity contribution in [1.82, 2.24) is 5.32 Å². The molecule has 0 fully saturated rings. The predicted octanol–water partition coefficient (Wildman–Crippen LogP) is 2.38. The van der Waals surface area contributed by atoms with Crippen LogP contribution < -0.4 is 5.32 Å². The van der Waals surface area contributed by atoms with E-state index in [9.17, 15) is 4.79 Å². The second kappa shape index (κ2) is 6.91. The van der Waals surface area contributed by atoms with E-state index in [2.05, 4.69) is 5.32 Å². The lowest BCUT2D eigenvalue weighted by molar-refractivity contribution is -0.121. The number of hydrogen-bond acceptors (Lipinski definition) is 3. The molecule has 2 rings (SSSR count). The van der Waals surface area contributed by atoms with Crippen LogP contribution in [0.3, 0.4) is 0 Å². The third-order valence-electron chi connectivity index (χ3n) is 2.91. The van der Waals surface area contributed by atoms with Crippen molar-refractivity contribution in [3.05, 3.63) is 48.2 Å². The van der Waals surface area contributed by atoms with Crippen molar-refractivity contribution < 1.29 is 14.3 Å². The summed E-state index contributed by atoms with van der Waals surface area (Å²) in [7, 11) is 0. The molecule has 2 N–H and O–H groups in total. The van der Waals surface area contributed by atoms with Gasteiger partial charge in [0.05, 0.1) is 6.10 Å². The van der Waals surface area contributed by atoms with E-state index in [-0.39, 0.29) is 12.5 Å². The first-order valence-electron chi connectivity index (χ1n) is 6.74. The highest BCUT2D eigenvalue weighted by atomic mass is 16.3. The molecule has 0 unspecified atom stereocenters. The van der Waals surface area contributed by atoms with Crippen molar-refractivity contribution in [2.45, 2.75) is 25.9 Å². The van der Waals surface area contributed by atoms with Crippen molar-refractivity contribution in [2.24, 2.45) is 0 Å². The molecule has 0 aliphatic heterocycles. The number of aliphatic hydroxyl groups is 1. The van der Waals surface area contributed by atoms with Gasteiger partial charge in [0.25, 0.3) is 0 Å². The van der Waals surface area contributed by atoms with E-state index >= 15 is 0 Å². The van der Waals surface area contributed by atoms with E-state index in [1.165, 1.54) is 0 Å². The molecule has 1 aromatic heterocycles. The van der Waals surface area contributed by atoms with Crippen LogP contribution in [-0.4, -0.2) is 23.7 Å². The van der Waals surface area contributed by atoms with Crippen molar-refractivity contribution in [3.63, 3.8) is 0 Å². The molecule has 4 nitrogen and oxygen atoms in total. The van der Waals surface area contributed by atoms with Gasteiger partial charge < -0.3 is 14.8 Å². The number of nitrogens with one attached hydrogen (secondary N) is 1. The largest absolute Gasteiger partial charge is 0.461 e. The van der Waals surface area contributed by atoms with Crippen LogP contribution >= 0.6 is 0 Å². The third-order valence-corrected chi connectivity index (χ3v) is 2.91. The summed E-state index contributed by atoms with van der Waals surface area (Å²) in [4.78, 5) is 11.5. The average Bonchev–Trinajstić information content (AvgIpc) is 2.93. The second-order valence-electron chi connectivity index (χ2n) is 4.79. The molecule has 1 atom stereocenters. The number of rotatable bonds is 6. The fourth-order valence-corrected chi connectivity index (χ4v) is 1.86. The molecule has 4 heteroatoms. The highest BCUT2D eigenvalue weighted by Crippen LogP contribution is 2.22. The molecule has 20 heavy (non-hydrogen) atoms. The molecule has 0 bridgehead atoms. The summed E-state index contributed by atoms with van der Waals surface area (Å²) >= 11 is 0. The molecule has 0 saturated carbocycles. The van der Waals surface area contributed by atoms with Gasteiger partial charge >= 0.3 is 0 Å². The van der Waals surface area contributed by atoms with Crippen LogP contribution in [0, 0.1) is 0 Å². The number of furan rings is 1. The van der Waals surface area contributed by atoms with Gasteiger partial charge in [-0.15, -0.1) is 0 Å². The number of carbonyl (C=O) groups is 1. The standard InChI is InChI=1S/C16H19NO3/c1-12(18)11-17-16(19)10-8-14-7-9-15(20-14)13-5-3-2-4-6-13/h2-7,9,12,18H,8,10-11H2,1H3,(H,17,19)/t12-/m0/s1. The maximum absolute atomic E-state index is 11.5. The molecular weight excluding hydrogens is 254 g/mol. The Bertz CT molecular complexity index is 546. The fourth-order valence-electron chi connectivity index (χ4n) is 1.86. The Morgan fingerprint density at radius 3 is 2.70 bits per heavy atom. The highest BCUT2D eigenvalue weighted by molar-refractivity contribution is 5.76. The summed E-state index contributed by atoms with van der Waals surface area (Å²) in [6.45, 7) is 1.92. The zero-order valence-electron chi connectivity index (χ0n) is 11.5. The number of hydrogen-bond donors (Lipinski definition) is 2. The Kier molecular flexibility index (Phi) is 4.96. The zero-order chi connectivity index (χ0) is 14.4. The van der Waals surface area contributed by atoms with E-state index in [1.807, 2.05) is 42.5 Å². The molecule has 1 heterocycles. The molecule has 1 aromatic carbocycles. The molecule has 0 spiro atoms. The number of amides is 1. The maximum Gasteiger partial charge on any atom is 0.220 e. The third kappa shape index (κ3) is 4.24. The summed E-state index contributed by atoms with van der Waals surface area (Å²) in [5.74, 6) is 1.52. The molecule has 0 radical (unpaired) electrons. The Labute approximate surface area is 118 Å².